The predicted octanol–water partition coefficient (Wildman–Crippen LogP) is 3.25. The normalized spacial score (nSPS) is 10.3. The van der Waals surface area contributed by atoms with Crippen molar-refractivity contribution in [2.24, 2.45) is 5.73 Å². The van der Waals surface area contributed by atoms with E-state index in [1.54, 1.807) is 49.9 Å². The molecule has 3 amide bonds. The summed E-state index contributed by atoms with van der Waals surface area (Å²) in [5.41, 5.74) is 7.62. The standard InChI is InChI=1S/C20H20N4O4S/c1-27-16-5-3-4-14(17(16)28-2)19-24-15(11-29-19)18(25)22-10-12-6-8-13(9-7-12)23-20(21)26/h3-9,11H,10H2,1-2H3,(H,22,25)(H3,21,23,26). The van der Waals surface area contributed by atoms with E-state index in [9.17, 15) is 9.59 Å². The lowest BCUT2D eigenvalue weighted by Gasteiger charge is -2.10. The molecule has 0 aliphatic rings. The van der Waals surface area contributed by atoms with Crippen molar-refractivity contribution >= 4 is 29.0 Å². The lowest BCUT2D eigenvalue weighted by atomic mass is 10.2. The van der Waals surface area contributed by atoms with Gasteiger partial charge in [0.25, 0.3) is 5.91 Å². The Morgan fingerprint density at radius 1 is 1.10 bits per heavy atom. The van der Waals surface area contributed by atoms with Gasteiger partial charge in [-0.2, -0.15) is 0 Å². The Bertz CT molecular complexity index is 1020. The first kappa shape index (κ1) is 20.2. The fraction of sp³-hybridized carbons (Fsp3) is 0.150. The summed E-state index contributed by atoms with van der Waals surface area (Å²) >= 11 is 1.35. The number of anilines is 1. The molecule has 0 unspecified atom stereocenters. The van der Waals surface area contributed by atoms with E-state index in [0.717, 1.165) is 11.1 Å². The molecule has 0 fully saturated rings. The van der Waals surface area contributed by atoms with Crippen molar-refractivity contribution in [1.82, 2.24) is 10.3 Å². The second kappa shape index (κ2) is 9.07. The SMILES string of the molecule is COc1cccc(-c2nc(C(=O)NCc3ccc(NC(N)=O)cc3)cs2)c1OC. The summed E-state index contributed by atoms with van der Waals surface area (Å²) in [4.78, 5) is 27.7. The highest BCUT2D eigenvalue weighted by atomic mass is 32.1. The summed E-state index contributed by atoms with van der Waals surface area (Å²) in [5, 5.41) is 7.67. The number of para-hydroxylation sites is 1. The van der Waals surface area contributed by atoms with Crippen molar-refractivity contribution < 1.29 is 19.1 Å². The lowest BCUT2D eigenvalue weighted by molar-refractivity contribution is 0.0946. The van der Waals surface area contributed by atoms with E-state index >= 15 is 0 Å². The summed E-state index contributed by atoms with van der Waals surface area (Å²) in [6, 6.07) is 11.9. The van der Waals surface area contributed by atoms with Crippen LogP contribution < -0.4 is 25.8 Å². The number of carbonyl (C=O) groups excluding carboxylic acids is 2. The largest absolute Gasteiger partial charge is 0.493 e. The molecule has 0 atom stereocenters. The maximum absolute atomic E-state index is 12.5. The number of benzene rings is 2. The average molecular weight is 412 g/mol. The van der Waals surface area contributed by atoms with Gasteiger partial charge in [0.1, 0.15) is 10.7 Å². The van der Waals surface area contributed by atoms with Crippen LogP contribution in [0.1, 0.15) is 16.1 Å². The van der Waals surface area contributed by atoms with Crippen molar-refractivity contribution in [2.45, 2.75) is 6.54 Å². The Morgan fingerprint density at radius 2 is 1.86 bits per heavy atom. The van der Waals surface area contributed by atoms with Crippen LogP contribution in [0.4, 0.5) is 10.5 Å². The molecule has 150 valence electrons. The third-order valence-electron chi connectivity index (χ3n) is 4.04. The first-order valence-corrected chi connectivity index (χ1v) is 9.50. The zero-order valence-electron chi connectivity index (χ0n) is 15.9. The number of nitrogens with one attached hydrogen (secondary N) is 2. The van der Waals surface area contributed by atoms with Crippen LogP contribution in [0.15, 0.2) is 47.8 Å². The molecule has 0 radical (unpaired) electrons. The van der Waals surface area contributed by atoms with Crippen molar-refractivity contribution in [3.63, 3.8) is 0 Å². The monoisotopic (exact) mass is 412 g/mol. The quantitative estimate of drug-likeness (QED) is 0.551. The molecule has 1 aromatic heterocycles. The Morgan fingerprint density at radius 3 is 2.52 bits per heavy atom. The number of hydrogen-bond acceptors (Lipinski definition) is 6. The van der Waals surface area contributed by atoms with Crippen LogP contribution in [0.2, 0.25) is 0 Å². The highest BCUT2D eigenvalue weighted by Gasteiger charge is 2.17. The number of ether oxygens (including phenoxy) is 2. The molecule has 0 spiro atoms. The number of primary amides is 1. The minimum Gasteiger partial charge on any atom is -0.493 e. The van der Waals surface area contributed by atoms with Gasteiger partial charge in [-0.15, -0.1) is 11.3 Å². The second-order valence-corrected chi connectivity index (χ2v) is 6.81. The Hall–Kier alpha value is -3.59. The van der Waals surface area contributed by atoms with Crippen molar-refractivity contribution in [3.05, 3.63) is 59.1 Å². The van der Waals surface area contributed by atoms with Crippen LogP contribution in [-0.2, 0) is 6.54 Å². The van der Waals surface area contributed by atoms with Crippen LogP contribution in [0.5, 0.6) is 11.5 Å². The Kier molecular flexibility index (Phi) is 6.30. The van der Waals surface area contributed by atoms with Gasteiger partial charge >= 0.3 is 6.03 Å². The molecule has 3 aromatic rings. The van der Waals surface area contributed by atoms with E-state index in [1.165, 1.54) is 11.3 Å². The van der Waals surface area contributed by atoms with E-state index in [1.807, 2.05) is 12.1 Å². The molecule has 0 bridgehead atoms. The summed E-state index contributed by atoms with van der Waals surface area (Å²) in [6.07, 6.45) is 0. The highest BCUT2D eigenvalue weighted by molar-refractivity contribution is 7.13. The number of amides is 3. The van der Waals surface area contributed by atoms with Crippen molar-refractivity contribution in [1.29, 1.82) is 0 Å². The second-order valence-electron chi connectivity index (χ2n) is 5.95. The minimum atomic E-state index is -0.627. The Labute approximate surface area is 171 Å². The first-order valence-electron chi connectivity index (χ1n) is 8.62. The topological polar surface area (TPSA) is 116 Å². The van der Waals surface area contributed by atoms with Crippen LogP contribution in [0.25, 0.3) is 10.6 Å². The number of methoxy groups -OCH3 is 2. The number of hydrogen-bond donors (Lipinski definition) is 3. The van der Waals surface area contributed by atoms with Crippen molar-refractivity contribution in [2.75, 3.05) is 19.5 Å². The maximum Gasteiger partial charge on any atom is 0.316 e. The molecule has 0 aliphatic heterocycles. The van der Waals surface area contributed by atoms with E-state index in [2.05, 4.69) is 15.6 Å². The van der Waals surface area contributed by atoms with E-state index in [-0.39, 0.29) is 5.91 Å². The average Bonchev–Trinajstić information content (AvgIpc) is 3.22. The molecule has 0 saturated heterocycles. The third kappa shape index (κ3) is 4.82. The Balaban J connectivity index is 1.68. The zero-order chi connectivity index (χ0) is 20.8. The molecule has 0 aliphatic carbocycles. The van der Waals surface area contributed by atoms with Gasteiger partial charge in [0.15, 0.2) is 11.5 Å². The number of urea groups is 1. The van der Waals surface area contributed by atoms with Gasteiger partial charge in [-0.05, 0) is 29.8 Å². The molecule has 0 saturated carbocycles. The molecular formula is C20H20N4O4S. The number of thiazole rings is 1. The van der Waals surface area contributed by atoms with Gasteiger partial charge in [0, 0.05) is 17.6 Å². The van der Waals surface area contributed by atoms with Gasteiger partial charge in [-0.25, -0.2) is 9.78 Å². The summed E-state index contributed by atoms with van der Waals surface area (Å²) in [7, 11) is 3.13. The molecular weight excluding hydrogens is 392 g/mol. The fourth-order valence-corrected chi connectivity index (χ4v) is 3.50. The number of aromatic nitrogens is 1. The number of nitrogens with zero attached hydrogens (tertiary/aromatic N) is 1. The van der Waals surface area contributed by atoms with Gasteiger partial charge < -0.3 is 25.8 Å². The van der Waals surface area contributed by atoms with E-state index in [4.69, 9.17) is 15.2 Å². The summed E-state index contributed by atoms with van der Waals surface area (Å²) in [5.74, 6) is 0.884. The van der Waals surface area contributed by atoms with E-state index in [0.29, 0.717) is 34.4 Å². The molecule has 3 rings (SSSR count). The number of carbonyl (C=O) groups is 2. The maximum atomic E-state index is 12.5. The number of nitrogens with two attached hydrogens (primary N) is 1. The van der Waals surface area contributed by atoms with Gasteiger partial charge in [-0.3, -0.25) is 4.79 Å². The van der Waals surface area contributed by atoms with Crippen LogP contribution in [0, 0.1) is 0 Å². The lowest BCUT2D eigenvalue weighted by Crippen LogP contribution is -2.23. The van der Waals surface area contributed by atoms with Crippen LogP contribution in [-0.4, -0.2) is 31.1 Å². The number of rotatable bonds is 7. The smallest absolute Gasteiger partial charge is 0.316 e. The van der Waals surface area contributed by atoms with Gasteiger partial charge in [-0.1, -0.05) is 18.2 Å². The minimum absolute atomic E-state index is 0.284. The molecule has 2 aromatic carbocycles. The van der Waals surface area contributed by atoms with Crippen LogP contribution >= 0.6 is 11.3 Å². The molecule has 4 N–H and O–H groups in total. The fourth-order valence-electron chi connectivity index (χ4n) is 2.68. The molecule has 29 heavy (non-hydrogen) atoms. The van der Waals surface area contributed by atoms with Gasteiger partial charge in [0.2, 0.25) is 0 Å². The van der Waals surface area contributed by atoms with Gasteiger partial charge in [0.05, 0.1) is 19.8 Å². The first-order chi connectivity index (χ1) is 14.0. The third-order valence-corrected chi connectivity index (χ3v) is 4.92. The summed E-state index contributed by atoms with van der Waals surface area (Å²) < 4.78 is 10.7. The predicted molar refractivity (Wildman–Crippen MR) is 111 cm³/mol. The molecule has 1 heterocycles. The van der Waals surface area contributed by atoms with Crippen molar-refractivity contribution in [3.8, 4) is 22.1 Å². The summed E-state index contributed by atoms with van der Waals surface area (Å²) in [6.45, 7) is 0.324. The highest BCUT2D eigenvalue weighted by Crippen LogP contribution is 2.38. The molecule has 8 nitrogen and oxygen atoms in total. The van der Waals surface area contributed by atoms with E-state index < -0.39 is 6.03 Å². The molecule has 9 heteroatoms. The van der Waals surface area contributed by atoms with Crippen LogP contribution in [0.3, 0.4) is 0 Å². The zero-order valence-corrected chi connectivity index (χ0v) is 16.7.